The van der Waals surface area contributed by atoms with Gasteiger partial charge in [0.2, 0.25) is 0 Å². The van der Waals surface area contributed by atoms with E-state index < -0.39 is 0 Å². The molecule has 2 aromatic rings. The summed E-state index contributed by atoms with van der Waals surface area (Å²) in [6.45, 7) is 3.35. The molecule has 0 unspecified atom stereocenters. The number of halogens is 1. The minimum absolute atomic E-state index is 0.0556. The molecular weight excluding hydrogens is 366 g/mol. The lowest BCUT2D eigenvalue weighted by molar-refractivity contribution is 0.0520. The van der Waals surface area contributed by atoms with Crippen molar-refractivity contribution in [3.8, 4) is 6.01 Å². The Kier molecular flexibility index (Phi) is 4.73. The van der Waals surface area contributed by atoms with Crippen molar-refractivity contribution in [2.45, 2.75) is 25.9 Å². The topological polar surface area (TPSA) is 55.3 Å². The van der Waals surface area contributed by atoms with Crippen molar-refractivity contribution in [3.63, 3.8) is 0 Å². The van der Waals surface area contributed by atoms with Crippen LogP contribution in [0.3, 0.4) is 0 Å². The van der Waals surface area contributed by atoms with Gasteiger partial charge in [0.25, 0.3) is 5.91 Å². The number of aryl methyl sites for hydroxylation is 1. The van der Waals surface area contributed by atoms with Gasteiger partial charge in [0, 0.05) is 18.9 Å². The molecule has 1 aliphatic rings. The predicted molar refractivity (Wildman–Crippen MR) is 88.3 cm³/mol. The van der Waals surface area contributed by atoms with Gasteiger partial charge in [-0.1, -0.05) is 0 Å². The molecule has 116 valence electrons. The number of hydrogen-bond donors (Lipinski definition) is 0. The first-order valence-electron chi connectivity index (χ1n) is 7.10. The number of rotatable bonds is 3. The highest BCUT2D eigenvalue weighted by Crippen LogP contribution is 2.21. The molecule has 1 atom stereocenters. The van der Waals surface area contributed by atoms with E-state index in [1.165, 1.54) is 11.3 Å². The fraction of sp³-hybridized carbons (Fsp3) is 0.400. The normalized spacial score (nSPS) is 18.3. The van der Waals surface area contributed by atoms with Crippen LogP contribution in [-0.2, 0) is 0 Å². The van der Waals surface area contributed by atoms with Crippen LogP contribution >= 0.6 is 27.3 Å². The summed E-state index contributed by atoms with van der Waals surface area (Å²) in [6.07, 6.45) is 5.09. The highest BCUT2D eigenvalue weighted by atomic mass is 79.9. The molecule has 1 saturated heterocycles. The van der Waals surface area contributed by atoms with Crippen LogP contribution in [0.4, 0.5) is 0 Å². The van der Waals surface area contributed by atoms with Crippen molar-refractivity contribution >= 4 is 33.2 Å². The largest absolute Gasteiger partial charge is 0.458 e. The SMILES string of the molecule is Cc1csc(C(=O)N2CCC[C@H](Oc3ncc(Br)cn3)C2)c1. The second kappa shape index (κ2) is 6.75. The Bertz CT molecular complexity index is 659. The number of ether oxygens (including phenoxy) is 1. The Hall–Kier alpha value is -1.47. The van der Waals surface area contributed by atoms with Crippen LogP contribution in [0.15, 0.2) is 28.3 Å². The molecule has 7 heteroatoms. The zero-order chi connectivity index (χ0) is 15.5. The number of piperidine rings is 1. The van der Waals surface area contributed by atoms with E-state index in [2.05, 4.69) is 25.9 Å². The first kappa shape index (κ1) is 15.4. The Morgan fingerprint density at radius 2 is 2.23 bits per heavy atom. The summed E-state index contributed by atoms with van der Waals surface area (Å²) in [5.41, 5.74) is 1.13. The molecule has 1 amide bonds. The fourth-order valence-corrected chi connectivity index (χ4v) is 3.50. The summed E-state index contributed by atoms with van der Waals surface area (Å²) in [4.78, 5) is 23.4. The number of nitrogens with zero attached hydrogens (tertiary/aromatic N) is 3. The summed E-state index contributed by atoms with van der Waals surface area (Å²) in [6, 6.07) is 2.30. The van der Waals surface area contributed by atoms with Gasteiger partial charge in [-0.25, -0.2) is 9.97 Å². The zero-order valence-corrected chi connectivity index (χ0v) is 14.6. The Labute approximate surface area is 141 Å². The number of aromatic nitrogens is 2. The highest BCUT2D eigenvalue weighted by Gasteiger charge is 2.26. The molecule has 0 radical (unpaired) electrons. The van der Waals surface area contributed by atoms with Crippen molar-refractivity contribution in [1.29, 1.82) is 0 Å². The van der Waals surface area contributed by atoms with E-state index in [-0.39, 0.29) is 12.0 Å². The second-order valence-corrected chi connectivity index (χ2v) is 7.13. The molecule has 2 aromatic heterocycles. The maximum Gasteiger partial charge on any atom is 0.316 e. The van der Waals surface area contributed by atoms with Crippen LogP contribution in [0.2, 0.25) is 0 Å². The molecular formula is C15H16BrN3O2S. The number of carbonyl (C=O) groups excluding carboxylic acids is 1. The zero-order valence-electron chi connectivity index (χ0n) is 12.2. The van der Waals surface area contributed by atoms with E-state index in [0.29, 0.717) is 12.6 Å². The van der Waals surface area contributed by atoms with Crippen molar-refractivity contribution in [2.75, 3.05) is 13.1 Å². The monoisotopic (exact) mass is 381 g/mol. The van der Waals surface area contributed by atoms with E-state index in [1.807, 2.05) is 23.3 Å². The third-order valence-corrected chi connectivity index (χ3v) is 4.92. The third-order valence-electron chi connectivity index (χ3n) is 3.48. The lowest BCUT2D eigenvalue weighted by Crippen LogP contribution is -2.44. The van der Waals surface area contributed by atoms with Crippen LogP contribution in [-0.4, -0.2) is 40.0 Å². The first-order chi connectivity index (χ1) is 10.6. The van der Waals surface area contributed by atoms with Crippen molar-refractivity contribution in [1.82, 2.24) is 14.9 Å². The first-order valence-corrected chi connectivity index (χ1v) is 8.77. The van der Waals surface area contributed by atoms with Gasteiger partial charge in [-0.2, -0.15) is 0 Å². The maximum atomic E-state index is 12.5. The lowest BCUT2D eigenvalue weighted by Gasteiger charge is -2.32. The van der Waals surface area contributed by atoms with E-state index in [1.54, 1.807) is 12.4 Å². The minimum atomic E-state index is -0.0556. The standard InChI is InChI=1S/C15H16BrN3O2S/c1-10-5-13(22-9-10)14(20)19-4-2-3-12(8-19)21-15-17-6-11(16)7-18-15/h5-7,9,12H,2-4,8H2,1H3/t12-/m0/s1. The van der Waals surface area contributed by atoms with Crippen LogP contribution in [0, 0.1) is 6.92 Å². The molecule has 0 spiro atoms. The van der Waals surface area contributed by atoms with Gasteiger partial charge in [-0.15, -0.1) is 11.3 Å². The number of carbonyl (C=O) groups is 1. The molecule has 0 aromatic carbocycles. The second-order valence-electron chi connectivity index (χ2n) is 5.31. The predicted octanol–water partition coefficient (Wildman–Crippen LogP) is 3.29. The van der Waals surface area contributed by atoms with Gasteiger partial charge in [-0.05, 0) is 52.7 Å². The van der Waals surface area contributed by atoms with Gasteiger partial charge in [-0.3, -0.25) is 4.79 Å². The van der Waals surface area contributed by atoms with E-state index in [9.17, 15) is 4.79 Å². The maximum absolute atomic E-state index is 12.5. The van der Waals surface area contributed by atoms with Crippen LogP contribution in [0.5, 0.6) is 6.01 Å². The summed E-state index contributed by atoms with van der Waals surface area (Å²) in [5.74, 6) is 0.0862. The Balaban J connectivity index is 1.63. The quantitative estimate of drug-likeness (QED) is 0.818. The fourth-order valence-electron chi connectivity index (χ4n) is 2.43. The van der Waals surface area contributed by atoms with E-state index >= 15 is 0 Å². The Morgan fingerprint density at radius 1 is 1.45 bits per heavy atom. The summed E-state index contributed by atoms with van der Waals surface area (Å²) in [5, 5.41) is 2.00. The molecule has 0 saturated carbocycles. The number of thiophene rings is 1. The van der Waals surface area contributed by atoms with Crippen LogP contribution < -0.4 is 4.74 Å². The minimum Gasteiger partial charge on any atom is -0.458 e. The summed E-state index contributed by atoms with van der Waals surface area (Å²) >= 11 is 4.79. The molecule has 22 heavy (non-hydrogen) atoms. The smallest absolute Gasteiger partial charge is 0.316 e. The molecule has 1 aliphatic heterocycles. The molecule has 3 rings (SSSR count). The molecule has 5 nitrogen and oxygen atoms in total. The molecule has 0 bridgehead atoms. The Morgan fingerprint density at radius 3 is 2.91 bits per heavy atom. The lowest BCUT2D eigenvalue weighted by atomic mass is 10.1. The average Bonchev–Trinajstić information content (AvgIpc) is 2.96. The highest BCUT2D eigenvalue weighted by molar-refractivity contribution is 9.10. The molecule has 0 aliphatic carbocycles. The van der Waals surface area contributed by atoms with Gasteiger partial charge >= 0.3 is 6.01 Å². The van der Waals surface area contributed by atoms with Gasteiger partial charge < -0.3 is 9.64 Å². The number of hydrogen-bond acceptors (Lipinski definition) is 5. The van der Waals surface area contributed by atoms with Crippen molar-refractivity contribution in [3.05, 3.63) is 38.8 Å². The third kappa shape index (κ3) is 3.64. The molecule has 0 N–H and O–H groups in total. The van der Waals surface area contributed by atoms with Crippen LogP contribution in [0.1, 0.15) is 28.1 Å². The average molecular weight is 382 g/mol. The summed E-state index contributed by atoms with van der Waals surface area (Å²) < 4.78 is 6.61. The molecule has 1 fully saturated rings. The summed E-state index contributed by atoms with van der Waals surface area (Å²) in [7, 11) is 0. The van der Waals surface area contributed by atoms with E-state index in [4.69, 9.17) is 4.74 Å². The van der Waals surface area contributed by atoms with Gasteiger partial charge in [0.1, 0.15) is 6.10 Å². The number of likely N-dealkylation sites (tertiary alicyclic amines) is 1. The van der Waals surface area contributed by atoms with Crippen molar-refractivity contribution < 1.29 is 9.53 Å². The van der Waals surface area contributed by atoms with Crippen LogP contribution in [0.25, 0.3) is 0 Å². The van der Waals surface area contributed by atoms with Crippen molar-refractivity contribution in [2.24, 2.45) is 0 Å². The van der Waals surface area contributed by atoms with Gasteiger partial charge in [0.05, 0.1) is 15.9 Å². The van der Waals surface area contributed by atoms with Gasteiger partial charge in [0.15, 0.2) is 0 Å². The number of amides is 1. The molecule has 3 heterocycles. The van der Waals surface area contributed by atoms with E-state index in [0.717, 1.165) is 34.3 Å².